The van der Waals surface area contributed by atoms with Crippen molar-refractivity contribution in [1.29, 1.82) is 0 Å². The number of rotatable bonds is 7. The summed E-state index contributed by atoms with van der Waals surface area (Å²) in [6.07, 6.45) is 2.17. The van der Waals surface area contributed by atoms with E-state index in [0.717, 1.165) is 41.6 Å². The van der Waals surface area contributed by atoms with Crippen molar-refractivity contribution in [3.8, 4) is 0 Å². The number of aryl methyl sites for hydroxylation is 1. The highest BCUT2D eigenvalue weighted by molar-refractivity contribution is 8.04. The molecule has 0 spiro atoms. The van der Waals surface area contributed by atoms with E-state index in [1.807, 2.05) is 48.5 Å². The number of halogens is 1. The van der Waals surface area contributed by atoms with E-state index in [4.69, 9.17) is 11.6 Å². The average molecular weight is 548 g/mol. The first-order chi connectivity index (χ1) is 16.7. The molecule has 35 heavy (non-hydrogen) atoms. The van der Waals surface area contributed by atoms with Gasteiger partial charge in [-0.15, -0.1) is 0 Å². The maximum Gasteiger partial charge on any atom is 0.323 e. The van der Waals surface area contributed by atoms with Crippen LogP contribution in [0.2, 0.25) is 5.02 Å². The molecule has 1 aromatic heterocycles. The van der Waals surface area contributed by atoms with Gasteiger partial charge >= 0.3 is 5.97 Å². The first-order valence-corrected chi connectivity index (χ1v) is 14.3. The van der Waals surface area contributed by atoms with Gasteiger partial charge in [0.2, 0.25) is 5.52 Å². The molecule has 0 unspecified atom stereocenters. The van der Waals surface area contributed by atoms with Crippen LogP contribution in [0.5, 0.6) is 0 Å². The van der Waals surface area contributed by atoms with Gasteiger partial charge in [0.15, 0.2) is 6.54 Å². The number of nitrogens with zero attached hydrogens (tertiary/aromatic N) is 2. The van der Waals surface area contributed by atoms with Crippen LogP contribution in [-0.4, -0.2) is 36.3 Å². The number of aromatic nitrogens is 1. The number of hydrogen-bond acceptors (Lipinski definition) is 6. The van der Waals surface area contributed by atoms with Crippen molar-refractivity contribution in [3.05, 3.63) is 69.7 Å². The van der Waals surface area contributed by atoms with Gasteiger partial charge in [0, 0.05) is 16.3 Å². The third-order valence-electron chi connectivity index (χ3n) is 5.63. The van der Waals surface area contributed by atoms with Gasteiger partial charge in [0.1, 0.15) is 11.2 Å². The minimum Gasteiger partial charge on any atom is -0.480 e. The molecule has 3 aromatic carbocycles. The third-order valence-corrected chi connectivity index (χ3v) is 8.88. The molecule has 0 atom stereocenters. The van der Waals surface area contributed by atoms with E-state index >= 15 is 0 Å². The first kappa shape index (κ1) is 24.1. The molecular formula is C24H20ClN2O5S3+. The van der Waals surface area contributed by atoms with Gasteiger partial charge in [-0.25, -0.2) is 0 Å². The standard InChI is InChI=1S/C24H19ClN2O5S3/c25-16-7-9-19-18(12-16)27(14-23(28)29)22(33-19)13-21-26(10-3-11-35(30,31)32)24-17-5-2-1-4-15(17)6-8-20(24)34-21/h1-2,4-9,12-13H,3,10-11,14H2,(H-,28,29,30,31,32)/p+1. The van der Waals surface area contributed by atoms with Gasteiger partial charge in [0.25, 0.3) is 15.1 Å². The number of aliphatic carboxylic acids is 1. The van der Waals surface area contributed by atoms with Gasteiger partial charge in [0.05, 0.1) is 27.9 Å². The third kappa shape index (κ3) is 5.03. The van der Waals surface area contributed by atoms with Crippen LogP contribution in [0, 0.1) is 0 Å². The Hall–Kier alpha value is -2.63. The molecule has 1 aliphatic heterocycles. The molecule has 2 heterocycles. The fraction of sp³-hybridized carbons (Fsp3) is 0.167. The number of anilines is 1. The molecule has 2 N–H and O–H groups in total. The van der Waals surface area contributed by atoms with E-state index in [1.54, 1.807) is 28.4 Å². The quantitative estimate of drug-likeness (QED) is 0.240. The molecule has 0 aliphatic carbocycles. The Bertz CT molecular complexity index is 1610. The number of thiazole rings is 1. The molecule has 1 aliphatic rings. The number of carbonyl (C=O) groups is 1. The lowest BCUT2D eigenvalue weighted by Crippen LogP contribution is -2.36. The molecule has 180 valence electrons. The predicted molar refractivity (Wildman–Crippen MR) is 141 cm³/mol. The van der Waals surface area contributed by atoms with Crippen molar-refractivity contribution in [3.63, 3.8) is 0 Å². The van der Waals surface area contributed by atoms with Crippen LogP contribution in [0.25, 0.3) is 27.1 Å². The normalized spacial score (nSPS) is 14.8. The summed E-state index contributed by atoms with van der Waals surface area (Å²) >= 11 is 9.20. The second-order valence-corrected chi connectivity index (χ2v) is 12.2. The summed E-state index contributed by atoms with van der Waals surface area (Å²) in [5.41, 5.74) is 1.71. The highest BCUT2D eigenvalue weighted by Crippen LogP contribution is 2.47. The van der Waals surface area contributed by atoms with Gasteiger partial charge in [-0.2, -0.15) is 13.0 Å². The maximum absolute atomic E-state index is 11.6. The minimum absolute atomic E-state index is 0.219. The van der Waals surface area contributed by atoms with Gasteiger partial charge in [-0.3, -0.25) is 9.35 Å². The van der Waals surface area contributed by atoms with E-state index in [0.29, 0.717) is 11.6 Å². The van der Waals surface area contributed by atoms with Crippen LogP contribution < -0.4 is 9.47 Å². The number of carboxylic acids is 1. The van der Waals surface area contributed by atoms with Crippen molar-refractivity contribution in [1.82, 2.24) is 0 Å². The van der Waals surface area contributed by atoms with E-state index in [9.17, 15) is 22.9 Å². The van der Waals surface area contributed by atoms with E-state index in [2.05, 4.69) is 4.57 Å². The smallest absolute Gasteiger partial charge is 0.323 e. The molecule has 7 nitrogen and oxygen atoms in total. The summed E-state index contributed by atoms with van der Waals surface area (Å²) in [6, 6.07) is 17.5. The number of hydrogen-bond donors (Lipinski definition) is 2. The summed E-state index contributed by atoms with van der Waals surface area (Å²) in [4.78, 5) is 14.3. The Morgan fingerprint density at radius 2 is 1.94 bits per heavy atom. The van der Waals surface area contributed by atoms with E-state index in [1.165, 1.54) is 11.8 Å². The summed E-state index contributed by atoms with van der Waals surface area (Å²) in [7, 11) is -4.09. The molecule has 5 rings (SSSR count). The van der Waals surface area contributed by atoms with Crippen LogP contribution in [0.3, 0.4) is 0 Å². The molecule has 0 amide bonds. The van der Waals surface area contributed by atoms with Crippen LogP contribution in [0.4, 0.5) is 5.69 Å². The monoisotopic (exact) mass is 547 g/mol. The first-order valence-electron chi connectivity index (χ1n) is 10.7. The molecule has 0 radical (unpaired) electrons. The summed E-state index contributed by atoms with van der Waals surface area (Å²) in [6.45, 7) is 0.151. The zero-order valence-corrected chi connectivity index (χ0v) is 21.4. The summed E-state index contributed by atoms with van der Waals surface area (Å²) in [5.74, 6) is -1.31. The number of thioether (sulfide) groups is 1. The lowest BCUT2D eigenvalue weighted by atomic mass is 10.1. The summed E-state index contributed by atoms with van der Waals surface area (Å²) in [5, 5.41) is 13.7. The summed E-state index contributed by atoms with van der Waals surface area (Å²) < 4.78 is 35.0. The topological polar surface area (TPSA) is 98.8 Å². The van der Waals surface area contributed by atoms with Gasteiger partial charge in [-0.1, -0.05) is 59.0 Å². The Morgan fingerprint density at radius 3 is 2.71 bits per heavy atom. The van der Waals surface area contributed by atoms with Crippen LogP contribution in [0.15, 0.2) is 64.5 Å². The molecular weight excluding hydrogens is 528 g/mol. The predicted octanol–water partition coefficient (Wildman–Crippen LogP) is 5.27. The Kier molecular flexibility index (Phi) is 6.49. The molecule has 4 aromatic rings. The lowest BCUT2D eigenvalue weighted by Gasteiger charge is -2.17. The highest BCUT2D eigenvalue weighted by atomic mass is 35.5. The van der Waals surface area contributed by atoms with Crippen molar-refractivity contribution in [2.24, 2.45) is 0 Å². The SMILES string of the molecule is O=C(O)CN1C(=Cc2sc3ccc4ccccc4c3[n+]2CCCS(=O)(=O)O)Sc2ccc(Cl)cc21. The average Bonchev–Trinajstić information content (AvgIpc) is 3.31. The largest absolute Gasteiger partial charge is 0.480 e. The minimum atomic E-state index is -4.09. The Morgan fingerprint density at radius 1 is 1.14 bits per heavy atom. The number of benzene rings is 3. The molecule has 0 bridgehead atoms. The molecule has 0 saturated heterocycles. The van der Waals surface area contributed by atoms with Crippen molar-refractivity contribution in [2.45, 2.75) is 17.9 Å². The fourth-order valence-electron chi connectivity index (χ4n) is 4.19. The Balaban J connectivity index is 1.65. The van der Waals surface area contributed by atoms with Crippen LogP contribution in [0.1, 0.15) is 11.4 Å². The second kappa shape index (κ2) is 9.44. The van der Waals surface area contributed by atoms with Crippen molar-refractivity contribution < 1.29 is 27.4 Å². The Labute approximate surface area is 215 Å². The van der Waals surface area contributed by atoms with Crippen molar-refractivity contribution in [2.75, 3.05) is 17.2 Å². The van der Waals surface area contributed by atoms with Crippen LogP contribution >= 0.6 is 34.7 Å². The van der Waals surface area contributed by atoms with Gasteiger partial charge in [-0.05, 0) is 35.7 Å². The zero-order valence-electron chi connectivity index (χ0n) is 18.2. The highest BCUT2D eigenvalue weighted by Gasteiger charge is 2.30. The van der Waals surface area contributed by atoms with E-state index < -0.39 is 16.1 Å². The number of fused-ring (bicyclic) bond motifs is 4. The number of carboxylic acid groups (broad SMARTS) is 1. The van der Waals surface area contributed by atoms with Crippen LogP contribution in [-0.2, 0) is 21.5 Å². The van der Waals surface area contributed by atoms with Crippen molar-refractivity contribution >= 4 is 83.5 Å². The molecule has 0 saturated carbocycles. The second-order valence-electron chi connectivity index (χ2n) is 8.04. The zero-order chi connectivity index (χ0) is 24.7. The maximum atomic E-state index is 11.6. The van der Waals surface area contributed by atoms with Gasteiger partial charge < -0.3 is 10.0 Å². The van der Waals surface area contributed by atoms with E-state index in [-0.39, 0.29) is 18.7 Å². The fourth-order valence-corrected chi connectivity index (χ4v) is 7.15. The molecule has 11 heteroatoms. The molecule has 0 fully saturated rings. The lowest BCUT2D eigenvalue weighted by molar-refractivity contribution is -0.667.